The molecular formula is C9H10F2N2O. The van der Waals surface area contributed by atoms with E-state index in [2.05, 4.69) is 10.3 Å². The molecule has 0 atom stereocenters. The van der Waals surface area contributed by atoms with Crippen molar-refractivity contribution in [2.75, 3.05) is 13.1 Å². The molecule has 3 nitrogen and oxygen atoms in total. The molecule has 2 N–H and O–H groups in total. The first-order chi connectivity index (χ1) is 6.61. The second kappa shape index (κ2) is 3.25. The van der Waals surface area contributed by atoms with Gasteiger partial charge in [-0.25, -0.2) is 8.78 Å². The van der Waals surface area contributed by atoms with Crippen LogP contribution in [0.3, 0.4) is 0 Å². The average molecular weight is 200 g/mol. The highest BCUT2D eigenvalue weighted by Crippen LogP contribution is 2.21. The van der Waals surface area contributed by atoms with Crippen LogP contribution in [0.2, 0.25) is 0 Å². The number of β-amino-alcohol motifs (C(OH)–C–C–N with tert-alkyl or cyclic N) is 1. The van der Waals surface area contributed by atoms with Crippen LogP contribution in [-0.4, -0.2) is 28.8 Å². The molecule has 1 aromatic heterocycles. The molecule has 0 saturated carbocycles. The largest absolute Gasteiger partial charge is 0.387 e. The first kappa shape index (κ1) is 9.48. The molecule has 0 aromatic carbocycles. The second-order valence-electron chi connectivity index (χ2n) is 3.59. The van der Waals surface area contributed by atoms with Crippen LogP contribution in [-0.2, 0) is 6.42 Å². The van der Waals surface area contributed by atoms with Crippen molar-refractivity contribution in [2.45, 2.75) is 12.0 Å². The summed E-state index contributed by atoms with van der Waals surface area (Å²) in [6.07, 6.45) is 1.89. The third-order valence-electron chi connectivity index (χ3n) is 2.37. The van der Waals surface area contributed by atoms with Crippen molar-refractivity contribution >= 4 is 0 Å². The van der Waals surface area contributed by atoms with Gasteiger partial charge in [0.25, 0.3) is 0 Å². The van der Waals surface area contributed by atoms with E-state index in [1.165, 1.54) is 0 Å². The van der Waals surface area contributed by atoms with E-state index in [0.717, 1.165) is 12.4 Å². The Morgan fingerprint density at radius 1 is 1.36 bits per heavy atom. The summed E-state index contributed by atoms with van der Waals surface area (Å²) in [5.41, 5.74) is -1.10. The van der Waals surface area contributed by atoms with Gasteiger partial charge in [0.2, 0.25) is 0 Å². The zero-order chi connectivity index (χ0) is 10.2. The van der Waals surface area contributed by atoms with Gasteiger partial charge in [-0.15, -0.1) is 0 Å². The zero-order valence-electron chi connectivity index (χ0n) is 7.43. The molecule has 76 valence electrons. The lowest BCUT2D eigenvalue weighted by atomic mass is 9.89. The number of nitrogens with one attached hydrogen (secondary N) is 1. The monoisotopic (exact) mass is 200 g/mol. The summed E-state index contributed by atoms with van der Waals surface area (Å²) in [5, 5.41) is 12.5. The maximum Gasteiger partial charge on any atom is 0.147 e. The van der Waals surface area contributed by atoms with Gasteiger partial charge in [0.15, 0.2) is 0 Å². The highest BCUT2D eigenvalue weighted by Gasteiger charge is 2.35. The highest BCUT2D eigenvalue weighted by molar-refractivity contribution is 5.19. The predicted octanol–water partition coefficient (Wildman–Crippen LogP) is 0.237. The van der Waals surface area contributed by atoms with Gasteiger partial charge < -0.3 is 10.4 Å². The van der Waals surface area contributed by atoms with Crippen LogP contribution < -0.4 is 5.32 Å². The Bertz CT molecular complexity index is 332. The van der Waals surface area contributed by atoms with Crippen LogP contribution in [0.25, 0.3) is 0 Å². The molecule has 5 heteroatoms. The fourth-order valence-corrected chi connectivity index (χ4v) is 1.47. The first-order valence-electron chi connectivity index (χ1n) is 4.32. The maximum absolute atomic E-state index is 13.1. The van der Waals surface area contributed by atoms with Crippen LogP contribution in [0.1, 0.15) is 5.56 Å². The lowest BCUT2D eigenvalue weighted by molar-refractivity contribution is -0.0104. The summed E-state index contributed by atoms with van der Waals surface area (Å²) in [7, 11) is 0. The Hall–Kier alpha value is -1.07. The molecule has 1 saturated heterocycles. The molecule has 1 aliphatic heterocycles. The number of hydrogen-bond acceptors (Lipinski definition) is 3. The van der Waals surface area contributed by atoms with Crippen LogP contribution in [0.4, 0.5) is 8.78 Å². The van der Waals surface area contributed by atoms with Crippen molar-refractivity contribution in [3.63, 3.8) is 0 Å². The molecule has 1 aliphatic rings. The molecule has 0 bridgehead atoms. The Balaban J connectivity index is 2.23. The zero-order valence-corrected chi connectivity index (χ0v) is 7.43. The summed E-state index contributed by atoms with van der Waals surface area (Å²) in [4.78, 5) is 3.37. The standard InChI is InChI=1S/C9H10F2N2O/c10-7-2-12-3-8(11)6(7)1-9(14)4-13-5-9/h2-3,13-14H,1,4-5H2. The van der Waals surface area contributed by atoms with E-state index in [-0.39, 0.29) is 12.0 Å². The van der Waals surface area contributed by atoms with Gasteiger partial charge in [0.05, 0.1) is 18.0 Å². The van der Waals surface area contributed by atoms with E-state index in [1.54, 1.807) is 0 Å². The molecule has 0 unspecified atom stereocenters. The van der Waals surface area contributed by atoms with E-state index in [4.69, 9.17) is 0 Å². The number of nitrogens with zero attached hydrogens (tertiary/aromatic N) is 1. The third kappa shape index (κ3) is 1.60. The molecule has 0 amide bonds. The van der Waals surface area contributed by atoms with E-state index in [0.29, 0.717) is 13.1 Å². The van der Waals surface area contributed by atoms with Crippen LogP contribution >= 0.6 is 0 Å². The molecule has 1 aromatic rings. The summed E-state index contributed by atoms with van der Waals surface area (Å²) < 4.78 is 26.2. The van der Waals surface area contributed by atoms with Crippen molar-refractivity contribution < 1.29 is 13.9 Å². The van der Waals surface area contributed by atoms with Gasteiger partial charge in [-0.1, -0.05) is 0 Å². The fourth-order valence-electron chi connectivity index (χ4n) is 1.47. The Morgan fingerprint density at radius 2 is 1.93 bits per heavy atom. The lowest BCUT2D eigenvalue weighted by Crippen LogP contribution is -2.60. The van der Waals surface area contributed by atoms with Gasteiger partial charge in [-0.2, -0.15) is 0 Å². The summed E-state index contributed by atoms with van der Waals surface area (Å²) >= 11 is 0. The maximum atomic E-state index is 13.1. The highest BCUT2D eigenvalue weighted by atomic mass is 19.1. The topological polar surface area (TPSA) is 45.2 Å². The minimum absolute atomic E-state index is 0.0137. The number of halogens is 2. The number of aromatic nitrogens is 1. The predicted molar refractivity (Wildman–Crippen MR) is 45.7 cm³/mol. The molecule has 0 spiro atoms. The Kier molecular flexibility index (Phi) is 2.20. The number of rotatable bonds is 2. The van der Waals surface area contributed by atoms with Gasteiger partial charge in [0.1, 0.15) is 11.6 Å². The minimum atomic E-state index is -1.01. The normalized spacial score (nSPS) is 19.1. The van der Waals surface area contributed by atoms with Crippen molar-refractivity contribution in [3.8, 4) is 0 Å². The summed E-state index contributed by atoms with van der Waals surface area (Å²) in [5.74, 6) is -1.41. The molecule has 1 fully saturated rings. The van der Waals surface area contributed by atoms with E-state index in [1.807, 2.05) is 0 Å². The van der Waals surface area contributed by atoms with E-state index < -0.39 is 17.2 Å². The Labute approximate surface area is 79.8 Å². The summed E-state index contributed by atoms with van der Waals surface area (Å²) in [6, 6.07) is 0. The SMILES string of the molecule is OC1(Cc2c(F)cncc2F)CNC1. The Morgan fingerprint density at radius 3 is 2.36 bits per heavy atom. The third-order valence-corrected chi connectivity index (χ3v) is 2.37. The van der Waals surface area contributed by atoms with Crippen molar-refractivity contribution in [3.05, 3.63) is 29.6 Å². The van der Waals surface area contributed by atoms with E-state index >= 15 is 0 Å². The quantitative estimate of drug-likeness (QED) is 0.718. The van der Waals surface area contributed by atoms with Crippen LogP contribution in [0, 0.1) is 11.6 Å². The van der Waals surface area contributed by atoms with Crippen LogP contribution in [0.15, 0.2) is 12.4 Å². The summed E-state index contributed by atoms with van der Waals surface area (Å²) in [6.45, 7) is 0.738. The second-order valence-corrected chi connectivity index (χ2v) is 3.59. The molecule has 14 heavy (non-hydrogen) atoms. The van der Waals surface area contributed by atoms with Gasteiger partial charge in [-0.05, 0) is 0 Å². The van der Waals surface area contributed by atoms with Gasteiger partial charge >= 0.3 is 0 Å². The number of pyridine rings is 1. The molecule has 2 heterocycles. The average Bonchev–Trinajstić information content (AvgIpc) is 2.09. The van der Waals surface area contributed by atoms with Gasteiger partial charge in [0, 0.05) is 25.1 Å². The van der Waals surface area contributed by atoms with Gasteiger partial charge in [-0.3, -0.25) is 4.98 Å². The molecule has 0 aliphatic carbocycles. The number of aliphatic hydroxyl groups is 1. The van der Waals surface area contributed by atoms with Crippen LogP contribution in [0.5, 0.6) is 0 Å². The van der Waals surface area contributed by atoms with Crippen molar-refractivity contribution in [1.82, 2.24) is 10.3 Å². The minimum Gasteiger partial charge on any atom is -0.387 e. The molecule has 0 radical (unpaired) electrons. The lowest BCUT2D eigenvalue weighted by Gasteiger charge is -2.37. The smallest absolute Gasteiger partial charge is 0.147 e. The number of hydrogen-bond donors (Lipinski definition) is 2. The first-order valence-corrected chi connectivity index (χ1v) is 4.32. The molecule has 2 rings (SSSR count). The van der Waals surface area contributed by atoms with Crippen molar-refractivity contribution in [1.29, 1.82) is 0 Å². The van der Waals surface area contributed by atoms with E-state index in [9.17, 15) is 13.9 Å². The van der Waals surface area contributed by atoms with Crippen molar-refractivity contribution in [2.24, 2.45) is 0 Å². The molecular weight excluding hydrogens is 190 g/mol. The fraction of sp³-hybridized carbons (Fsp3) is 0.444.